The van der Waals surface area contributed by atoms with Crippen LogP contribution in [-0.2, 0) is 15.5 Å². The summed E-state index contributed by atoms with van der Waals surface area (Å²) in [5.74, 6) is 1.88. The number of benzene rings is 1. The number of hydrogen-bond donors (Lipinski definition) is 2. The Morgan fingerprint density at radius 2 is 2.00 bits per heavy atom. The summed E-state index contributed by atoms with van der Waals surface area (Å²) in [5, 5.41) is 0.383. The van der Waals surface area contributed by atoms with Gasteiger partial charge in [0.1, 0.15) is 5.76 Å². The number of methoxy groups -OCH3 is 1. The van der Waals surface area contributed by atoms with E-state index in [9.17, 15) is 14.4 Å². The van der Waals surface area contributed by atoms with Crippen molar-refractivity contribution >= 4 is 25.0 Å². The third kappa shape index (κ3) is 3.98. The Morgan fingerprint density at radius 1 is 1.21 bits per heavy atom. The first-order chi connectivity index (χ1) is 13.4. The summed E-state index contributed by atoms with van der Waals surface area (Å²) in [6, 6.07) is 5.44. The lowest BCUT2D eigenvalue weighted by Crippen LogP contribution is -2.30. The Kier molecular flexibility index (Phi) is 5.77. The fourth-order valence-electron chi connectivity index (χ4n) is 5.49. The van der Waals surface area contributed by atoms with Gasteiger partial charge in [0.25, 0.3) is 0 Å². The van der Waals surface area contributed by atoms with Crippen molar-refractivity contribution in [3.8, 4) is 0 Å². The van der Waals surface area contributed by atoms with E-state index in [0.29, 0.717) is 22.4 Å². The van der Waals surface area contributed by atoms with Gasteiger partial charge in [-0.1, -0.05) is 29.2 Å². The Labute approximate surface area is 171 Å². The van der Waals surface area contributed by atoms with E-state index in [1.807, 2.05) is 6.07 Å². The number of ether oxygens (including phenoxy) is 1. The molecule has 0 radical (unpaired) electrons. The molecular weight excluding hydrogens is 395 g/mol. The van der Waals surface area contributed by atoms with Crippen LogP contribution < -0.4 is 0 Å². The van der Waals surface area contributed by atoms with Crippen molar-refractivity contribution in [2.75, 3.05) is 7.11 Å². The van der Waals surface area contributed by atoms with Gasteiger partial charge in [-0.15, -0.1) is 0 Å². The zero-order valence-electron chi connectivity index (χ0n) is 16.3. The van der Waals surface area contributed by atoms with Gasteiger partial charge in [-0.05, 0) is 80.2 Å². The Bertz CT molecular complexity index is 883. The topological polar surface area (TPSA) is 66.8 Å². The maximum atomic E-state index is 11.5. The molecule has 0 saturated heterocycles. The van der Waals surface area contributed by atoms with E-state index in [0.717, 1.165) is 17.7 Å². The molecule has 0 spiro atoms. The molecule has 0 aromatic heterocycles. The summed E-state index contributed by atoms with van der Waals surface area (Å²) >= 11 is 6.22. The Morgan fingerprint density at radius 3 is 2.75 bits per heavy atom. The van der Waals surface area contributed by atoms with Crippen LogP contribution in [0.15, 0.2) is 34.9 Å². The van der Waals surface area contributed by atoms with Crippen molar-refractivity contribution < 1.29 is 19.1 Å². The van der Waals surface area contributed by atoms with Crippen LogP contribution in [0.2, 0.25) is 5.02 Å². The standard InChI is InChI=1S/C22H28ClO4P/c1-27-22(16-9-10-20(23)17(12-16)13-28(24,25)26)21-15-6-4-8-19(21)18-7-3-2-5-14(18)11-15/h9-10,12,15,19H,2-8,11,13H2,1H3,(H2,24,25,26)/b22-21+. The predicted octanol–water partition coefficient (Wildman–Crippen LogP) is 6.07. The summed E-state index contributed by atoms with van der Waals surface area (Å²) in [7, 11) is -2.48. The van der Waals surface area contributed by atoms with E-state index < -0.39 is 7.60 Å². The molecule has 4 nitrogen and oxygen atoms in total. The van der Waals surface area contributed by atoms with Crippen LogP contribution in [0.25, 0.3) is 5.76 Å². The minimum atomic E-state index is -4.19. The van der Waals surface area contributed by atoms with Crippen molar-refractivity contribution in [1.29, 1.82) is 0 Å². The summed E-state index contributed by atoms with van der Waals surface area (Å²) in [6.45, 7) is 0. The molecule has 1 aromatic carbocycles. The van der Waals surface area contributed by atoms with Crippen molar-refractivity contribution in [3.63, 3.8) is 0 Å². The molecule has 1 fully saturated rings. The first kappa shape index (κ1) is 20.2. The second kappa shape index (κ2) is 7.99. The van der Waals surface area contributed by atoms with Gasteiger partial charge >= 0.3 is 7.60 Å². The van der Waals surface area contributed by atoms with Gasteiger partial charge in [-0.3, -0.25) is 4.57 Å². The number of allylic oxidation sites excluding steroid dienone is 3. The van der Waals surface area contributed by atoms with Crippen LogP contribution >= 0.6 is 19.2 Å². The average molecular weight is 423 g/mol. The van der Waals surface area contributed by atoms with Crippen molar-refractivity contribution in [2.45, 2.75) is 57.5 Å². The highest BCUT2D eigenvalue weighted by Crippen LogP contribution is 2.53. The third-order valence-electron chi connectivity index (χ3n) is 6.55. The van der Waals surface area contributed by atoms with Crippen LogP contribution in [-0.4, -0.2) is 16.9 Å². The van der Waals surface area contributed by atoms with E-state index in [4.69, 9.17) is 16.3 Å². The minimum absolute atomic E-state index is 0.353. The molecule has 0 aliphatic heterocycles. The normalized spacial score (nSPS) is 26.7. The van der Waals surface area contributed by atoms with Crippen LogP contribution in [0.4, 0.5) is 0 Å². The molecule has 6 heteroatoms. The smallest absolute Gasteiger partial charge is 0.329 e. The molecule has 1 saturated carbocycles. The van der Waals surface area contributed by atoms with Crippen molar-refractivity contribution in [3.05, 3.63) is 51.1 Å². The third-order valence-corrected chi connectivity index (χ3v) is 7.67. The zero-order chi connectivity index (χ0) is 19.9. The second-order valence-corrected chi connectivity index (χ2v) is 10.4. The molecule has 2 unspecified atom stereocenters. The molecule has 1 aromatic rings. The van der Waals surface area contributed by atoms with Crippen molar-refractivity contribution in [2.24, 2.45) is 11.8 Å². The summed E-state index contributed by atoms with van der Waals surface area (Å²) in [4.78, 5) is 18.8. The first-order valence-corrected chi connectivity index (χ1v) is 12.4. The summed E-state index contributed by atoms with van der Waals surface area (Å²) in [5.41, 5.74) is 6.09. The largest absolute Gasteiger partial charge is 0.496 e. The Hall–Kier alpha value is -1.06. The molecule has 3 aliphatic carbocycles. The van der Waals surface area contributed by atoms with E-state index in [-0.39, 0.29) is 6.16 Å². The van der Waals surface area contributed by atoms with E-state index in [2.05, 4.69) is 0 Å². The lowest BCUT2D eigenvalue weighted by atomic mass is 9.62. The number of hydrogen-bond acceptors (Lipinski definition) is 2. The molecule has 0 amide bonds. The monoisotopic (exact) mass is 422 g/mol. The number of fused-ring (bicyclic) bond motifs is 3. The van der Waals surface area contributed by atoms with Gasteiger partial charge in [0.2, 0.25) is 0 Å². The lowest BCUT2D eigenvalue weighted by molar-refractivity contribution is 0.311. The molecule has 152 valence electrons. The SMILES string of the molecule is CO/C(=C1\C2CCCC1C1=C(CCCC1)C2)c1ccc(Cl)c(CP(=O)(O)O)c1. The molecule has 2 N–H and O–H groups in total. The molecule has 0 heterocycles. The average Bonchev–Trinajstić information content (AvgIpc) is 2.64. The maximum Gasteiger partial charge on any atom is 0.329 e. The quantitative estimate of drug-likeness (QED) is 0.351. The number of halogens is 1. The van der Waals surface area contributed by atoms with E-state index in [1.54, 1.807) is 30.4 Å². The molecule has 2 bridgehead atoms. The fraction of sp³-hybridized carbons (Fsp3) is 0.545. The molecular formula is C22H28ClO4P. The fourth-order valence-corrected chi connectivity index (χ4v) is 6.47. The van der Waals surface area contributed by atoms with Gasteiger partial charge in [0.15, 0.2) is 0 Å². The Balaban J connectivity index is 1.80. The van der Waals surface area contributed by atoms with Gasteiger partial charge in [-0.25, -0.2) is 0 Å². The lowest BCUT2D eigenvalue weighted by Gasteiger charge is -2.43. The number of rotatable bonds is 4. The predicted molar refractivity (Wildman–Crippen MR) is 112 cm³/mol. The maximum absolute atomic E-state index is 11.5. The van der Waals surface area contributed by atoms with Crippen molar-refractivity contribution in [1.82, 2.24) is 0 Å². The van der Waals surface area contributed by atoms with Crippen LogP contribution in [0.5, 0.6) is 0 Å². The highest BCUT2D eigenvalue weighted by Gasteiger charge is 2.39. The van der Waals surface area contributed by atoms with Gasteiger partial charge in [-0.2, -0.15) is 0 Å². The highest BCUT2D eigenvalue weighted by atomic mass is 35.5. The van der Waals surface area contributed by atoms with Gasteiger partial charge in [0, 0.05) is 16.5 Å². The molecule has 28 heavy (non-hydrogen) atoms. The molecule has 3 aliphatic rings. The van der Waals surface area contributed by atoms with E-state index >= 15 is 0 Å². The van der Waals surface area contributed by atoms with Crippen LogP contribution in [0, 0.1) is 11.8 Å². The summed E-state index contributed by atoms with van der Waals surface area (Å²) < 4.78 is 17.4. The second-order valence-electron chi connectivity index (χ2n) is 8.34. The first-order valence-electron chi connectivity index (χ1n) is 10.2. The van der Waals surface area contributed by atoms with Crippen LogP contribution in [0.1, 0.15) is 62.5 Å². The molecule has 4 rings (SSSR count). The minimum Gasteiger partial charge on any atom is -0.496 e. The van der Waals surface area contributed by atoms with Gasteiger partial charge < -0.3 is 14.5 Å². The van der Waals surface area contributed by atoms with Crippen LogP contribution in [0.3, 0.4) is 0 Å². The van der Waals surface area contributed by atoms with E-state index in [1.165, 1.54) is 50.5 Å². The highest BCUT2D eigenvalue weighted by molar-refractivity contribution is 7.50. The summed E-state index contributed by atoms with van der Waals surface area (Å²) in [6.07, 6.45) is 9.49. The van der Waals surface area contributed by atoms with Gasteiger partial charge in [0.05, 0.1) is 13.3 Å². The zero-order valence-corrected chi connectivity index (χ0v) is 17.9. The molecule has 2 atom stereocenters.